The van der Waals surface area contributed by atoms with Crippen LogP contribution >= 0.6 is 0 Å². The van der Waals surface area contributed by atoms with Gasteiger partial charge in [0.1, 0.15) is 0 Å². The van der Waals surface area contributed by atoms with Gasteiger partial charge in [-0.25, -0.2) is 0 Å². The van der Waals surface area contributed by atoms with Crippen molar-refractivity contribution in [2.24, 2.45) is 4.99 Å². The predicted octanol–water partition coefficient (Wildman–Crippen LogP) is 2.68. The topological polar surface area (TPSA) is 27.6 Å². The zero-order chi connectivity index (χ0) is 12.6. The van der Waals surface area contributed by atoms with Gasteiger partial charge in [-0.15, -0.1) is 0 Å². The van der Waals surface area contributed by atoms with Crippen LogP contribution in [0.2, 0.25) is 0 Å². The summed E-state index contributed by atoms with van der Waals surface area (Å²) in [7, 11) is 2.15. The maximum Gasteiger partial charge on any atom is 0.0963 e. The number of aliphatic imine (C=N–C) groups is 1. The number of rotatable bonds is 5. The van der Waals surface area contributed by atoms with Crippen molar-refractivity contribution in [3.05, 3.63) is 30.3 Å². The van der Waals surface area contributed by atoms with Crippen LogP contribution in [0, 0.1) is 0 Å². The molecule has 0 bridgehead atoms. The van der Waals surface area contributed by atoms with Gasteiger partial charge in [-0.2, -0.15) is 0 Å². The Morgan fingerprint density at radius 3 is 2.78 bits per heavy atom. The van der Waals surface area contributed by atoms with Crippen molar-refractivity contribution in [3.8, 4) is 0 Å². The fourth-order valence-corrected chi connectivity index (χ4v) is 2.20. The zero-order valence-corrected chi connectivity index (χ0v) is 11.2. The monoisotopic (exact) mass is 245 g/mol. The first-order chi connectivity index (χ1) is 8.86. The molecule has 1 N–H and O–H groups in total. The Labute approximate surface area is 110 Å². The van der Waals surface area contributed by atoms with Crippen molar-refractivity contribution >= 4 is 11.5 Å². The third-order valence-electron chi connectivity index (χ3n) is 3.32. The number of para-hydroxylation sites is 1. The summed E-state index contributed by atoms with van der Waals surface area (Å²) in [4.78, 5) is 6.79. The van der Waals surface area contributed by atoms with Gasteiger partial charge in [0.2, 0.25) is 0 Å². The molecule has 0 spiro atoms. The van der Waals surface area contributed by atoms with Gasteiger partial charge in [0.25, 0.3) is 0 Å². The van der Waals surface area contributed by atoms with E-state index in [0.29, 0.717) is 0 Å². The molecular formula is C15H23N3. The Kier molecular flexibility index (Phi) is 5.06. The Balaban J connectivity index is 1.65. The average molecular weight is 245 g/mol. The van der Waals surface area contributed by atoms with E-state index in [1.54, 1.807) is 0 Å². The SMILES string of the molecule is CN(CCCNC1=NCCCC1)c1ccccc1. The summed E-state index contributed by atoms with van der Waals surface area (Å²) in [5, 5.41) is 3.45. The van der Waals surface area contributed by atoms with Crippen molar-refractivity contribution < 1.29 is 0 Å². The van der Waals surface area contributed by atoms with Gasteiger partial charge in [0.15, 0.2) is 0 Å². The maximum atomic E-state index is 4.50. The molecule has 98 valence electrons. The highest BCUT2D eigenvalue weighted by Gasteiger charge is 2.04. The number of hydrogen-bond acceptors (Lipinski definition) is 3. The lowest BCUT2D eigenvalue weighted by Gasteiger charge is -2.20. The lowest BCUT2D eigenvalue weighted by molar-refractivity contribution is 0.688. The minimum atomic E-state index is 1.01. The molecule has 0 atom stereocenters. The van der Waals surface area contributed by atoms with Gasteiger partial charge in [0.05, 0.1) is 5.84 Å². The summed E-state index contributed by atoms with van der Waals surface area (Å²) in [6.07, 6.45) is 4.82. The van der Waals surface area contributed by atoms with Crippen LogP contribution in [0.5, 0.6) is 0 Å². The molecule has 1 aliphatic rings. The molecule has 3 heteroatoms. The number of nitrogens with zero attached hydrogens (tertiary/aromatic N) is 2. The molecule has 2 rings (SSSR count). The molecule has 3 nitrogen and oxygen atoms in total. The van der Waals surface area contributed by atoms with E-state index in [1.807, 2.05) is 0 Å². The lowest BCUT2D eigenvalue weighted by atomic mass is 10.2. The minimum absolute atomic E-state index is 1.01. The smallest absolute Gasteiger partial charge is 0.0963 e. The second kappa shape index (κ2) is 7.04. The number of hydrogen-bond donors (Lipinski definition) is 1. The van der Waals surface area contributed by atoms with Crippen LogP contribution in [0.25, 0.3) is 0 Å². The van der Waals surface area contributed by atoms with E-state index in [2.05, 4.69) is 52.6 Å². The van der Waals surface area contributed by atoms with Crippen molar-refractivity contribution in [3.63, 3.8) is 0 Å². The molecule has 18 heavy (non-hydrogen) atoms. The highest BCUT2D eigenvalue weighted by atomic mass is 15.1. The maximum absolute atomic E-state index is 4.50. The van der Waals surface area contributed by atoms with E-state index in [0.717, 1.165) is 32.5 Å². The number of benzene rings is 1. The average Bonchev–Trinajstić information content (AvgIpc) is 2.45. The fraction of sp³-hybridized carbons (Fsp3) is 0.533. The first kappa shape index (κ1) is 12.9. The standard InChI is InChI=1S/C15H23N3/c1-18(14-8-3-2-4-9-14)13-7-12-17-15-10-5-6-11-16-15/h2-4,8-9H,5-7,10-13H2,1H3,(H,16,17). The van der Waals surface area contributed by atoms with E-state index in [9.17, 15) is 0 Å². The molecule has 1 aromatic carbocycles. The number of nitrogens with one attached hydrogen (secondary N) is 1. The van der Waals surface area contributed by atoms with Crippen molar-refractivity contribution in [2.45, 2.75) is 25.7 Å². The van der Waals surface area contributed by atoms with Crippen molar-refractivity contribution in [1.82, 2.24) is 5.32 Å². The van der Waals surface area contributed by atoms with Crippen LogP contribution in [0.1, 0.15) is 25.7 Å². The predicted molar refractivity (Wildman–Crippen MR) is 78.5 cm³/mol. The van der Waals surface area contributed by atoms with Gasteiger partial charge >= 0.3 is 0 Å². The molecular weight excluding hydrogens is 222 g/mol. The molecule has 1 heterocycles. The second-order valence-corrected chi connectivity index (χ2v) is 4.82. The minimum Gasteiger partial charge on any atom is -0.375 e. The summed E-state index contributed by atoms with van der Waals surface area (Å²) in [6, 6.07) is 10.5. The van der Waals surface area contributed by atoms with Crippen molar-refractivity contribution in [1.29, 1.82) is 0 Å². The van der Waals surface area contributed by atoms with E-state index >= 15 is 0 Å². The summed E-state index contributed by atoms with van der Waals surface area (Å²) >= 11 is 0. The number of amidine groups is 1. The first-order valence-electron chi connectivity index (χ1n) is 6.89. The zero-order valence-electron chi connectivity index (χ0n) is 11.2. The Hall–Kier alpha value is -1.51. The van der Waals surface area contributed by atoms with Crippen molar-refractivity contribution in [2.75, 3.05) is 31.6 Å². The molecule has 0 fully saturated rings. The molecule has 0 saturated heterocycles. The first-order valence-corrected chi connectivity index (χ1v) is 6.89. The van der Waals surface area contributed by atoms with Gasteiger partial charge in [-0.1, -0.05) is 18.2 Å². The third-order valence-corrected chi connectivity index (χ3v) is 3.32. The summed E-state index contributed by atoms with van der Waals surface area (Å²) in [6.45, 7) is 3.10. The van der Waals surface area contributed by atoms with Gasteiger partial charge in [0, 0.05) is 38.8 Å². The van der Waals surface area contributed by atoms with Crippen LogP contribution in [0.3, 0.4) is 0 Å². The van der Waals surface area contributed by atoms with Gasteiger partial charge < -0.3 is 10.2 Å². The largest absolute Gasteiger partial charge is 0.375 e. The Bertz CT molecular complexity index is 373. The van der Waals surface area contributed by atoms with Crippen LogP contribution < -0.4 is 10.2 Å². The fourth-order valence-electron chi connectivity index (χ4n) is 2.20. The molecule has 0 saturated carbocycles. The normalized spacial score (nSPS) is 15.1. The quantitative estimate of drug-likeness (QED) is 0.808. The van der Waals surface area contributed by atoms with Crippen LogP contribution in [-0.4, -0.2) is 32.5 Å². The van der Waals surface area contributed by atoms with Gasteiger partial charge in [-0.05, 0) is 31.4 Å². The highest BCUT2D eigenvalue weighted by molar-refractivity contribution is 5.82. The highest BCUT2D eigenvalue weighted by Crippen LogP contribution is 2.10. The van der Waals surface area contributed by atoms with Crippen LogP contribution in [-0.2, 0) is 0 Å². The molecule has 0 aliphatic carbocycles. The van der Waals surface area contributed by atoms with E-state index in [-0.39, 0.29) is 0 Å². The van der Waals surface area contributed by atoms with Gasteiger partial charge in [-0.3, -0.25) is 4.99 Å². The molecule has 0 radical (unpaired) electrons. The third kappa shape index (κ3) is 4.06. The Morgan fingerprint density at radius 1 is 1.22 bits per heavy atom. The van der Waals surface area contributed by atoms with Crippen LogP contribution in [0.15, 0.2) is 35.3 Å². The number of anilines is 1. The van der Waals surface area contributed by atoms with E-state index < -0.39 is 0 Å². The molecule has 0 amide bonds. The molecule has 0 aromatic heterocycles. The van der Waals surface area contributed by atoms with E-state index in [4.69, 9.17) is 0 Å². The van der Waals surface area contributed by atoms with E-state index in [1.165, 1.54) is 24.4 Å². The molecule has 1 aliphatic heterocycles. The second-order valence-electron chi connectivity index (χ2n) is 4.82. The lowest BCUT2D eigenvalue weighted by Crippen LogP contribution is -2.29. The summed E-state index contributed by atoms with van der Waals surface area (Å²) in [5.41, 5.74) is 1.28. The summed E-state index contributed by atoms with van der Waals surface area (Å²) in [5.74, 6) is 1.21. The van der Waals surface area contributed by atoms with Crippen LogP contribution in [0.4, 0.5) is 5.69 Å². The molecule has 0 unspecified atom stereocenters. The summed E-state index contributed by atoms with van der Waals surface area (Å²) < 4.78 is 0. The Morgan fingerprint density at radius 2 is 2.06 bits per heavy atom. The molecule has 1 aromatic rings.